The minimum atomic E-state index is -6.09. The number of halogens is 6. The van der Waals surface area contributed by atoms with Gasteiger partial charge in [0, 0.05) is 24.8 Å². The van der Waals surface area contributed by atoms with Crippen molar-refractivity contribution in [1.29, 1.82) is 10.5 Å². The van der Waals surface area contributed by atoms with Crippen LogP contribution in [0, 0.1) is 22.7 Å². The number of hydrogen-bond acceptors (Lipinski definition) is 14. The summed E-state index contributed by atoms with van der Waals surface area (Å²) in [5, 5.41) is 18.5. The molecule has 6 rings (SSSR count). The monoisotopic (exact) mass is 1100 g/mol. The zero-order valence-corrected chi connectivity index (χ0v) is 35.6. The van der Waals surface area contributed by atoms with Gasteiger partial charge in [-0.25, -0.2) is 36.8 Å². The van der Waals surface area contributed by atoms with Crippen LogP contribution in [-0.4, -0.2) is 67.8 Å². The van der Waals surface area contributed by atoms with Crippen molar-refractivity contribution in [3.8, 4) is 12.1 Å². The summed E-state index contributed by atoms with van der Waals surface area (Å²) in [5.41, 5.74) is -8.07. The maximum absolute atomic E-state index is 10.7. The second-order valence-electron chi connectivity index (χ2n) is 11.3. The smallest absolute Gasteiger partial charge is 0.741 e. The van der Waals surface area contributed by atoms with Gasteiger partial charge in [0.1, 0.15) is 23.3 Å². The molecule has 0 spiro atoms. The predicted octanol–water partition coefficient (Wildman–Crippen LogP) is 5.82. The van der Waals surface area contributed by atoms with Crippen LogP contribution in [-0.2, 0) is 54.4 Å². The molecule has 0 fully saturated rings. The van der Waals surface area contributed by atoms with E-state index in [1.165, 1.54) is 0 Å². The molecule has 0 aliphatic heterocycles. The quantitative estimate of drug-likeness (QED) is 0.0986. The molecule has 2 aromatic carbocycles. The molecule has 0 aliphatic rings. The summed E-state index contributed by atoms with van der Waals surface area (Å²) in [7, 11) is -12.2. The normalized spacial score (nSPS) is 10.5. The first kappa shape index (κ1) is 56.6. The van der Waals surface area contributed by atoms with E-state index in [1.807, 2.05) is 131 Å². The van der Waals surface area contributed by atoms with Gasteiger partial charge < -0.3 is 29.9 Å². The Morgan fingerprint density at radius 2 is 0.698 bits per heavy atom. The van der Waals surface area contributed by atoms with E-state index in [0.29, 0.717) is 24.2 Å². The van der Waals surface area contributed by atoms with Crippen LogP contribution in [0.2, 0.25) is 0 Å². The van der Waals surface area contributed by atoms with E-state index in [-0.39, 0.29) is 32.0 Å². The molecule has 4 aromatic heterocycles. The van der Waals surface area contributed by atoms with Gasteiger partial charge in [0.25, 0.3) is 0 Å². The molecule has 0 amide bonds. The number of pyridine rings is 4. The minimum Gasteiger partial charge on any atom is -0.741 e. The maximum Gasteiger partial charge on any atom is 2.00 e. The van der Waals surface area contributed by atoms with Crippen LogP contribution in [0.3, 0.4) is 0 Å². The molecule has 25 heteroatoms. The van der Waals surface area contributed by atoms with Crippen molar-refractivity contribution in [2.24, 2.45) is 0 Å². The Hall–Kier alpha value is -6.37. The second-order valence-corrected chi connectivity index (χ2v) is 14.0. The number of alkyl halides is 6. The van der Waals surface area contributed by atoms with Crippen molar-refractivity contribution in [3.63, 3.8) is 0 Å². The average molecular weight is 1100 g/mol. The van der Waals surface area contributed by atoms with E-state index in [4.69, 9.17) is 25.9 Å². The van der Waals surface area contributed by atoms with E-state index in [9.17, 15) is 36.9 Å². The standard InChI is InChI=1S/2C18H14N4.2CHF3O3S.2H2O.Pt/c2*19-13-15-7-1-2-8-16(15)14-22(17-9-3-5-11-20-17)18-10-4-6-12-21-18;2*2-1(3,4)8(5,6)7;;;/h2*1-12H,14H2;2*(H,5,6,7);2*1H2;/q;;;;;;+2/p-2. The number of rotatable bonds is 8. The Kier molecular flexibility index (Phi) is 23.5. The molecule has 0 aliphatic carbocycles. The summed E-state index contributed by atoms with van der Waals surface area (Å²) in [4.78, 5) is 21.6. The van der Waals surface area contributed by atoms with Crippen LogP contribution < -0.4 is 9.80 Å². The van der Waals surface area contributed by atoms with Gasteiger partial charge in [0.15, 0.2) is 20.2 Å². The minimum absolute atomic E-state index is 0. The van der Waals surface area contributed by atoms with Crippen LogP contribution in [0.15, 0.2) is 146 Å². The molecule has 0 saturated heterocycles. The molecular formula is C38H32F6N8O8PtS2. The molecular weight excluding hydrogens is 1070 g/mol. The molecule has 0 saturated carbocycles. The molecule has 0 bridgehead atoms. The van der Waals surface area contributed by atoms with Crippen LogP contribution in [0.1, 0.15) is 22.3 Å². The Labute approximate surface area is 371 Å². The first-order valence-corrected chi connectivity index (χ1v) is 19.3. The third-order valence-electron chi connectivity index (χ3n) is 7.20. The average Bonchev–Trinajstić information content (AvgIpc) is 3.22. The van der Waals surface area contributed by atoms with Gasteiger partial charge in [-0.1, -0.05) is 60.7 Å². The van der Waals surface area contributed by atoms with Crippen molar-refractivity contribution in [3.05, 3.63) is 168 Å². The number of aromatic nitrogens is 4. The van der Waals surface area contributed by atoms with E-state index >= 15 is 0 Å². The fourth-order valence-electron chi connectivity index (χ4n) is 4.49. The maximum atomic E-state index is 10.7. The van der Waals surface area contributed by atoms with Crippen molar-refractivity contribution >= 4 is 43.5 Å². The summed E-state index contributed by atoms with van der Waals surface area (Å²) in [6.45, 7) is 1.08. The summed E-state index contributed by atoms with van der Waals surface area (Å²) < 4.78 is 118. The van der Waals surface area contributed by atoms with Crippen LogP contribution in [0.4, 0.5) is 49.6 Å². The second kappa shape index (κ2) is 26.2. The first-order valence-electron chi connectivity index (χ1n) is 16.5. The Bertz CT molecular complexity index is 2320. The van der Waals surface area contributed by atoms with Gasteiger partial charge in [0.05, 0.1) is 36.4 Å². The fourth-order valence-corrected chi connectivity index (χ4v) is 4.49. The van der Waals surface area contributed by atoms with E-state index < -0.39 is 31.3 Å². The number of hydrogen-bond donors (Lipinski definition) is 0. The SMILES string of the molecule is N#Cc1ccccc1CN(c1ccccn1)c1ccccn1.N#Cc1ccccc1CN(c1ccccn1)c1ccccn1.O.O.O=S(=O)([O-])C(F)(F)F.O=S(=O)([O-])C(F)(F)F.[Pt+2]. The topological polar surface area (TPSA) is 283 Å². The van der Waals surface area contributed by atoms with E-state index in [1.54, 1.807) is 24.8 Å². The zero-order chi connectivity index (χ0) is 44.4. The van der Waals surface area contributed by atoms with Crippen LogP contribution in [0.5, 0.6) is 0 Å². The number of nitriles is 2. The van der Waals surface area contributed by atoms with Crippen molar-refractivity contribution < 1.29 is 84.3 Å². The molecule has 16 nitrogen and oxygen atoms in total. The van der Waals surface area contributed by atoms with E-state index in [0.717, 1.165) is 34.4 Å². The third-order valence-corrected chi connectivity index (χ3v) is 8.34. The zero-order valence-electron chi connectivity index (χ0n) is 31.7. The Balaban J connectivity index is 0.000000884. The molecule has 4 heterocycles. The number of nitrogens with zero attached hydrogens (tertiary/aromatic N) is 8. The van der Waals surface area contributed by atoms with Gasteiger partial charge >= 0.3 is 32.1 Å². The molecule has 6 aromatic rings. The molecule has 0 unspecified atom stereocenters. The molecule has 4 N–H and O–H groups in total. The summed E-state index contributed by atoms with van der Waals surface area (Å²) in [6, 6.07) is 42.6. The number of benzene rings is 2. The molecule has 0 radical (unpaired) electrons. The van der Waals surface area contributed by atoms with Gasteiger partial charge in [-0.2, -0.15) is 36.9 Å². The van der Waals surface area contributed by atoms with Crippen LogP contribution >= 0.6 is 0 Å². The molecule has 63 heavy (non-hydrogen) atoms. The van der Waals surface area contributed by atoms with Gasteiger partial charge in [0.2, 0.25) is 0 Å². The fraction of sp³-hybridized carbons (Fsp3) is 0.105. The summed E-state index contributed by atoms with van der Waals surface area (Å²) in [6.07, 6.45) is 7.01. The molecule has 336 valence electrons. The predicted molar refractivity (Wildman–Crippen MR) is 210 cm³/mol. The Morgan fingerprint density at radius 3 is 0.889 bits per heavy atom. The van der Waals surface area contributed by atoms with Crippen LogP contribution in [0.25, 0.3) is 0 Å². The number of anilines is 4. The Morgan fingerprint density at radius 1 is 0.476 bits per heavy atom. The van der Waals surface area contributed by atoms with Crippen molar-refractivity contribution in [2.45, 2.75) is 24.1 Å². The molecule has 0 atom stereocenters. The largest absolute Gasteiger partial charge is 2.00 e. The third kappa shape index (κ3) is 18.3. The first-order chi connectivity index (χ1) is 28.3. The summed E-state index contributed by atoms with van der Waals surface area (Å²) >= 11 is 0. The van der Waals surface area contributed by atoms with E-state index in [2.05, 4.69) is 32.1 Å². The summed E-state index contributed by atoms with van der Waals surface area (Å²) in [5.74, 6) is 3.20. The van der Waals surface area contributed by atoms with Crippen molar-refractivity contribution in [1.82, 2.24) is 19.9 Å². The van der Waals surface area contributed by atoms with Gasteiger partial charge in [-0.05, 0) is 71.8 Å². The van der Waals surface area contributed by atoms with Gasteiger partial charge in [-0.3, -0.25) is 0 Å². The van der Waals surface area contributed by atoms with Gasteiger partial charge in [-0.15, -0.1) is 0 Å². The van der Waals surface area contributed by atoms with Crippen molar-refractivity contribution in [2.75, 3.05) is 9.80 Å².